The zero-order chi connectivity index (χ0) is 18.8. The minimum atomic E-state index is -0.407. The minimum absolute atomic E-state index is 0.118. The maximum absolute atomic E-state index is 11.8. The number of rotatable bonds is 9. The molecule has 2 rings (SSSR count). The first-order chi connectivity index (χ1) is 12.6. The molecular formula is C19H21ClN2O4. The quantitative estimate of drug-likeness (QED) is 0.658. The Balaban J connectivity index is 1.80. The number of hydrogen-bond acceptors (Lipinski definition) is 4. The molecule has 6 nitrogen and oxygen atoms in total. The van der Waals surface area contributed by atoms with Crippen molar-refractivity contribution in [3.05, 3.63) is 53.6 Å². The van der Waals surface area contributed by atoms with Crippen LogP contribution in [0.3, 0.4) is 0 Å². The molecule has 0 unspecified atom stereocenters. The monoisotopic (exact) mass is 376 g/mol. The van der Waals surface area contributed by atoms with Crippen LogP contribution in [0.1, 0.15) is 0 Å². The molecule has 0 aliphatic carbocycles. The van der Waals surface area contributed by atoms with Gasteiger partial charge in [-0.05, 0) is 23.3 Å². The molecule has 0 atom stereocenters. The van der Waals surface area contributed by atoms with Crippen LogP contribution < -0.4 is 15.4 Å². The molecule has 0 aliphatic heterocycles. The molecule has 0 saturated carbocycles. The number of carbonyl (C=O) groups excluding carboxylic acids is 2. The van der Waals surface area contributed by atoms with Gasteiger partial charge >= 0.3 is 0 Å². The molecule has 0 aromatic heterocycles. The number of nitrogens with one attached hydrogen (secondary N) is 2. The van der Waals surface area contributed by atoms with E-state index in [2.05, 4.69) is 10.6 Å². The maximum atomic E-state index is 11.8. The first-order valence-electron chi connectivity index (χ1n) is 8.10. The highest BCUT2D eigenvalue weighted by atomic mass is 35.5. The fraction of sp³-hybridized carbons (Fsp3) is 0.263. The van der Waals surface area contributed by atoms with Crippen molar-refractivity contribution in [2.45, 2.75) is 0 Å². The van der Waals surface area contributed by atoms with Crippen molar-refractivity contribution >= 4 is 23.4 Å². The van der Waals surface area contributed by atoms with Crippen molar-refractivity contribution < 1.29 is 19.1 Å². The number of halogens is 1. The third-order valence-corrected chi connectivity index (χ3v) is 3.77. The van der Waals surface area contributed by atoms with Gasteiger partial charge in [-0.15, -0.1) is 0 Å². The molecule has 0 saturated heterocycles. The number of hydrogen-bond donors (Lipinski definition) is 2. The normalized spacial score (nSPS) is 10.2. The summed E-state index contributed by atoms with van der Waals surface area (Å²) in [5, 5.41) is 5.49. The SMILES string of the molecule is COCCNC(=O)CNC(=O)COc1ccc(-c2ccccc2)cc1Cl. The lowest BCUT2D eigenvalue weighted by Crippen LogP contribution is -2.39. The molecule has 2 aromatic rings. The molecule has 2 aromatic carbocycles. The molecule has 2 N–H and O–H groups in total. The molecule has 0 spiro atoms. The van der Waals surface area contributed by atoms with E-state index in [1.165, 1.54) is 0 Å². The second-order valence-corrected chi connectivity index (χ2v) is 5.83. The van der Waals surface area contributed by atoms with E-state index in [1.54, 1.807) is 19.2 Å². The Bertz CT molecular complexity index is 738. The van der Waals surface area contributed by atoms with E-state index in [0.717, 1.165) is 11.1 Å². The van der Waals surface area contributed by atoms with Gasteiger partial charge < -0.3 is 20.1 Å². The van der Waals surface area contributed by atoms with E-state index in [0.29, 0.717) is 23.9 Å². The molecule has 0 radical (unpaired) electrons. The largest absolute Gasteiger partial charge is 0.482 e. The first-order valence-corrected chi connectivity index (χ1v) is 8.48. The molecule has 0 heterocycles. The molecular weight excluding hydrogens is 356 g/mol. The summed E-state index contributed by atoms with van der Waals surface area (Å²) in [4.78, 5) is 23.2. The molecule has 0 aliphatic rings. The Labute approximate surface area is 157 Å². The fourth-order valence-electron chi connectivity index (χ4n) is 2.16. The molecule has 138 valence electrons. The van der Waals surface area contributed by atoms with Gasteiger partial charge in [-0.2, -0.15) is 0 Å². The fourth-order valence-corrected chi connectivity index (χ4v) is 2.39. The van der Waals surface area contributed by atoms with Gasteiger partial charge in [-0.1, -0.05) is 48.0 Å². The lowest BCUT2D eigenvalue weighted by molar-refractivity contribution is -0.127. The van der Waals surface area contributed by atoms with E-state index < -0.39 is 5.91 Å². The summed E-state index contributed by atoms with van der Waals surface area (Å²) in [6.45, 7) is 0.466. The first kappa shape index (κ1) is 19.8. The van der Waals surface area contributed by atoms with Crippen molar-refractivity contribution in [3.63, 3.8) is 0 Å². The molecule has 7 heteroatoms. The van der Waals surface area contributed by atoms with E-state index in [-0.39, 0.29) is 19.1 Å². The van der Waals surface area contributed by atoms with E-state index in [9.17, 15) is 9.59 Å². The highest BCUT2D eigenvalue weighted by molar-refractivity contribution is 6.32. The third-order valence-electron chi connectivity index (χ3n) is 3.47. The Hall–Kier alpha value is -2.57. The Morgan fingerprint density at radius 2 is 1.77 bits per heavy atom. The van der Waals surface area contributed by atoms with Crippen molar-refractivity contribution in [2.75, 3.05) is 33.4 Å². The summed E-state index contributed by atoms with van der Waals surface area (Å²) in [7, 11) is 1.54. The maximum Gasteiger partial charge on any atom is 0.258 e. The van der Waals surface area contributed by atoms with Gasteiger partial charge in [-0.3, -0.25) is 9.59 Å². The number of carbonyl (C=O) groups is 2. The summed E-state index contributed by atoms with van der Waals surface area (Å²) < 4.78 is 10.2. The smallest absolute Gasteiger partial charge is 0.258 e. The molecule has 26 heavy (non-hydrogen) atoms. The Morgan fingerprint density at radius 3 is 2.46 bits per heavy atom. The standard InChI is InChI=1S/C19H21ClN2O4/c1-25-10-9-21-18(23)12-22-19(24)13-26-17-8-7-15(11-16(17)20)14-5-3-2-4-6-14/h2-8,11H,9-10,12-13H2,1H3,(H,21,23)(H,22,24). The average molecular weight is 377 g/mol. The van der Waals surface area contributed by atoms with Gasteiger partial charge in [0.2, 0.25) is 5.91 Å². The van der Waals surface area contributed by atoms with Crippen LogP contribution >= 0.6 is 11.6 Å². The van der Waals surface area contributed by atoms with Crippen LogP contribution in [-0.2, 0) is 14.3 Å². The number of ether oxygens (including phenoxy) is 2. The van der Waals surface area contributed by atoms with Gasteiger partial charge in [0.05, 0.1) is 18.2 Å². The van der Waals surface area contributed by atoms with Gasteiger partial charge in [0.1, 0.15) is 5.75 Å². The van der Waals surface area contributed by atoms with E-state index >= 15 is 0 Å². The lowest BCUT2D eigenvalue weighted by atomic mass is 10.1. The van der Waals surface area contributed by atoms with Crippen LogP contribution in [0.5, 0.6) is 5.75 Å². The van der Waals surface area contributed by atoms with E-state index in [4.69, 9.17) is 21.1 Å². The zero-order valence-electron chi connectivity index (χ0n) is 14.5. The Kier molecular flexibility index (Phi) is 7.92. The van der Waals surface area contributed by atoms with Crippen LogP contribution in [0.4, 0.5) is 0 Å². The number of amides is 2. The second-order valence-electron chi connectivity index (χ2n) is 5.42. The van der Waals surface area contributed by atoms with Crippen LogP contribution in [-0.4, -0.2) is 45.2 Å². The van der Waals surface area contributed by atoms with E-state index in [1.807, 2.05) is 36.4 Å². The molecule has 0 bridgehead atoms. The topological polar surface area (TPSA) is 76.7 Å². The predicted molar refractivity (Wildman–Crippen MR) is 100 cm³/mol. The van der Waals surface area contributed by atoms with Gasteiger partial charge in [-0.25, -0.2) is 0 Å². The lowest BCUT2D eigenvalue weighted by Gasteiger charge is -2.10. The summed E-state index contributed by atoms with van der Waals surface area (Å²) in [6, 6.07) is 15.2. The number of methoxy groups -OCH3 is 1. The third kappa shape index (κ3) is 6.38. The minimum Gasteiger partial charge on any atom is -0.482 e. The zero-order valence-corrected chi connectivity index (χ0v) is 15.2. The molecule has 0 fully saturated rings. The highest BCUT2D eigenvalue weighted by Crippen LogP contribution is 2.30. The van der Waals surface area contributed by atoms with Crippen LogP contribution in [0, 0.1) is 0 Å². The average Bonchev–Trinajstić information content (AvgIpc) is 2.66. The van der Waals surface area contributed by atoms with Crippen LogP contribution in [0.15, 0.2) is 48.5 Å². The van der Waals surface area contributed by atoms with Gasteiger partial charge in [0.25, 0.3) is 5.91 Å². The second kappa shape index (κ2) is 10.4. The van der Waals surface area contributed by atoms with Gasteiger partial charge in [0, 0.05) is 13.7 Å². The van der Waals surface area contributed by atoms with Crippen LogP contribution in [0.2, 0.25) is 5.02 Å². The predicted octanol–water partition coefficient (Wildman–Crippen LogP) is 2.26. The van der Waals surface area contributed by atoms with Crippen molar-refractivity contribution in [1.29, 1.82) is 0 Å². The van der Waals surface area contributed by atoms with Gasteiger partial charge in [0.15, 0.2) is 6.61 Å². The van der Waals surface area contributed by atoms with Crippen molar-refractivity contribution in [2.24, 2.45) is 0 Å². The summed E-state index contributed by atoms with van der Waals surface area (Å²) in [6.07, 6.45) is 0. The summed E-state index contributed by atoms with van der Waals surface area (Å²) in [5.41, 5.74) is 2.00. The molecule has 2 amide bonds. The summed E-state index contributed by atoms with van der Waals surface area (Å²) >= 11 is 6.23. The Morgan fingerprint density at radius 1 is 1.00 bits per heavy atom. The van der Waals surface area contributed by atoms with Crippen LogP contribution in [0.25, 0.3) is 11.1 Å². The summed E-state index contributed by atoms with van der Waals surface area (Å²) in [5.74, 6) is -0.290. The van der Waals surface area contributed by atoms with Crippen molar-refractivity contribution in [1.82, 2.24) is 10.6 Å². The van der Waals surface area contributed by atoms with Crippen molar-refractivity contribution in [3.8, 4) is 16.9 Å². The highest BCUT2D eigenvalue weighted by Gasteiger charge is 2.09. The number of benzene rings is 2.